The summed E-state index contributed by atoms with van der Waals surface area (Å²) >= 11 is 0. The van der Waals surface area contributed by atoms with Crippen LogP contribution in [0.4, 0.5) is 4.79 Å². The third-order valence-corrected chi connectivity index (χ3v) is 5.80. The number of carbonyl (C=O) groups excluding carboxylic acids is 1. The maximum absolute atomic E-state index is 12.3. The highest BCUT2D eigenvalue weighted by Gasteiger charge is 2.56. The molecule has 1 aromatic carbocycles. The van der Waals surface area contributed by atoms with Gasteiger partial charge < -0.3 is 24.2 Å². The van der Waals surface area contributed by atoms with Gasteiger partial charge in [0, 0.05) is 31.8 Å². The van der Waals surface area contributed by atoms with E-state index >= 15 is 0 Å². The van der Waals surface area contributed by atoms with Crippen LogP contribution in [-0.4, -0.2) is 42.4 Å². The normalized spacial score (nSPS) is 14.5. The van der Waals surface area contributed by atoms with E-state index in [-0.39, 0.29) is 13.2 Å². The molecule has 1 amide bonds. The van der Waals surface area contributed by atoms with Crippen LogP contribution in [0.5, 0.6) is 0 Å². The lowest BCUT2D eigenvalue weighted by atomic mass is 10.2. The van der Waals surface area contributed by atoms with Gasteiger partial charge in [0.25, 0.3) is 0 Å². The molecule has 0 aromatic heterocycles. The second kappa shape index (κ2) is 9.94. The molecule has 1 rings (SSSR count). The van der Waals surface area contributed by atoms with Gasteiger partial charge in [0.05, 0.1) is 0 Å². The van der Waals surface area contributed by atoms with Crippen molar-refractivity contribution >= 4 is 21.9 Å². The van der Waals surface area contributed by atoms with Gasteiger partial charge in [-0.2, -0.15) is 0 Å². The van der Waals surface area contributed by atoms with Crippen molar-refractivity contribution in [2.75, 3.05) is 20.8 Å². The molecule has 0 aliphatic rings. The molecule has 2 unspecified atom stereocenters. The van der Waals surface area contributed by atoms with Gasteiger partial charge in [-0.05, 0) is 5.56 Å². The highest BCUT2D eigenvalue weighted by Crippen LogP contribution is 2.61. The molecule has 2 atom stereocenters. The van der Waals surface area contributed by atoms with Crippen LogP contribution in [0, 0.1) is 0 Å². The van der Waals surface area contributed by atoms with Gasteiger partial charge >= 0.3 is 27.5 Å². The van der Waals surface area contributed by atoms with Gasteiger partial charge in [0.15, 0.2) is 0 Å². The molecule has 12 heteroatoms. The summed E-state index contributed by atoms with van der Waals surface area (Å²) in [5, 5.41) is 12.5. The van der Waals surface area contributed by atoms with E-state index in [2.05, 4.69) is 18.9 Å². The van der Waals surface area contributed by atoms with Gasteiger partial charge in [-0.15, -0.1) is 4.89 Å². The molecule has 0 saturated heterocycles. The number of nitrogens with one attached hydrogen (secondary N) is 1. The molecule has 140 valence electrons. The molecule has 10 nitrogen and oxygen atoms in total. The Morgan fingerprint density at radius 2 is 1.88 bits per heavy atom. The van der Waals surface area contributed by atoms with Crippen LogP contribution in [0.15, 0.2) is 30.3 Å². The Labute approximate surface area is 145 Å². The fourth-order valence-electron chi connectivity index (χ4n) is 1.82. The summed E-state index contributed by atoms with van der Waals surface area (Å²) in [4.78, 5) is 20.5. The zero-order valence-corrected chi connectivity index (χ0v) is 15.4. The first-order valence-corrected chi connectivity index (χ1v) is 9.67. The Kier molecular flexibility index (Phi) is 8.61. The molecule has 0 fully saturated rings. The fraction of sp³-hybridized carbons (Fsp3) is 0.462. The summed E-state index contributed by atoms with van der Waals surface area (Å²) in [6.45, 7) is -0.255. The molecule has 0 heterocycles. The number of benzene rings is 1. The molecule has 0 bridgehead atoms. The summed E-state index contributed by atoms with van der Waals surface area (Å²) in [5.74, 6) is 0. The lowest BCUT2D eigenvalue weighted by Crippen LogP contribution is -2.37. The number of hydrogen-bond donors (Lipinski definition) is 3. The van der Waals surface area contributed by atoms with Crippen LogP contribution in [0.1, 0.15) is 12.0 Å². The van der Waals surface area contributed by atoms with Gasteiger partial charge in [0.1, 0.15) is 6.61 Å². The molecular weight excluding hydrogens is 376 g/mol. The van der Waals surface area contributed by atoms with E-state index in [9.17, 15) is 19.0 Å². The van der Waals surface area contributed by atoms with E-state index in [1.54, 1.807) is 24.3 Å². The van der Waals surface area contributed by atoms with Crippen LogP contribution in [0.25, 0.3) is 0 Å². The minimum Gasteiger partial charge on any atom is -0.445 e. The Morgan fingerprint density at radius 3 is 2.40 bits per heavy atom. The molecule has 0 spiro atoms. The first-order chi connectivity index (χ1) is 11.8. The van der Waals surface area contributed by atoms with Crippen LogP contribution in [0.3, 0.4) is 0 Å². The van der Waals surface area contributed by atoms with Crippen LogP contribution < -0.4 is 5.32 Å². The SMILES string of the molecule is COP(=O)(OC)C(O)(CCNC(=O)OCc1ccccc1)O[P+](=O)O. The Hall–Kier alpha value is -1.38. The second-order valence-corrected chi connectivity index (χ2v) is 7.76. The van der Waals surface area contributed by atoms with Crippen LogP contribution in [0.2, 0.25) is 0 Å². The molecule has 0 aliphatic heterocycles. The minimum absolute atomic E-state index is 0.0323. The number of aliphatic hydroxyl groups is 1. The van der Waals surface area contributed by atoms with E-state index in [0.29, 0.717) is 0 Å². The first-order valence-electron chi connectivity index (χ1n) is 7.00. The summed E-state index contributed by atoms with van der Waals surface area (Å²) in [6.07, 6.45) is -1.35. The van der Waals surface area contributed by atoms with Gasteiger partial charge in [-0.1, -0.05) is 34.9 Å². The Balaban J connectivity index is 2.57. The van der Waals surface area contributed by atoms with E-state index in [0.717, 1.165) is 19.8 Å². The quantitative estimate of drug-likeness (QED) is 0.400. The Morgan fingerprint density at radius 1 is 1.28 bits per heavy atom. The molecule has 1 aromatic rings. The lowest BCUT2D eigenvalue weighted by molar-refractivity contribution is -0.0900. The maximum atomic E-state index is 12.3. The van der Waals surface area contributed by atoms with Gasteiger partial charge in [-0.25, -0.2) is 4.79 Å². The van der Waals surface area contributed by atoms with Crippen molar-refractivity contribution in [3.8, 4) is 0 Å². The highest BCUT2D eigenvalue weighted by molar-refractivity contribution is 7.55. The summed E-state index contributed by atoms with van der Waals surface area (Å²) in [6, 6.07) is 8.94. The van der Waals surface area contributed by atoms with Crippen molar-refractivity contribution in [3.63, 3.8) is 0 Å². The van der Waals surface area contributed by atoms with E-state index < -0.39 is 33.9 Å². The van der Waals surface area contributed by atoms with E-state index in [1.165, 1.54) is 0 Å². The summed E-state index contributed by atoms with van der Waals surface area (Å²) < 4.78 is 41.7. The van der Waals surface area contributed by atoms with Crippen LogP contribution >= 0.6 is 15.9 Å². The van der Waals surface area contributed by atoms with Crippen molar-refractivity contribution in [3.05, 3.63) is 35.9 Å². The maximum Gasteiger partial charge on any atom is 0.698 e. The van der Waals surface area contributed by atoms with Crippen molar-refractivity contribution in [1.29, 1.82) is 0 Å². The fourth-order valence-corrected chi connectivity index (χ4v) is 3.88. The molecule has 25 heavy (non-hydrogen) atoms. The molecule has 0 aliphatic carbocycles. The third-order valence-electron chi connectivity index (χ3n) is 3.07. The van der Waals surface area contributed by atoms with Gasteiger partial charge in [-0.3, -0.25) is 4.57 Å². The number of amides is 1. The van der Waals surface area contributed by atoms with Crippen molar-refractivity contribution in [2.45, 2.75) is 18.6 Å². The zero-order chi connectivity index (χ0) is 18.9. The van der Waals surface area contributed by atoms with E-state index in [4.69, 9.17) is 9.63 Å². The van der Waals surface area contributed by atoms with Crippen molar-refractivity contribution in [2.24, 2.45) is 0 Å². The second-order valence-electron chi connectivity index (χ2n) is 4.67. The van der Waals surface area contributed by atoms with Crippen molar-refractivity contribution < 1.29 is 42.2 Å². The topological polar surface area (TPSA) is 141 Å². The lowest BCUT2D eigenvalue weighted by Gasteiger charge is -2.27. The molecule has 0 saturated carbocycles. The number of alkyl carbamates (subject to hydrolysis) is 1. The standard InChI is InChI=1S/C13H19NO9P2/c1-20-25(19,21-2)13(16,23-24(17)18)8-9-14-12(15)22-10-11-6-4-3-5-7-11/h3-7,16H,8-10H2,1-2H3,(H-,14,15,17,18)/p+1. The van der Waals surface area contributed by atoms with Crippen LogP contribution in [-0.2, 0) is 34.0 Å². The Bertz CT molecular complexity index is 619. The highest BCUT2D eigenvalue weighted by atomic mass is 31.2. The molecular formula is C13H20NO9P2+. The molecule has 0 radical (unpaired) electrons. The average Bonchev–Trinajstić information content (AvgIpc) is 2.59. The number of carbonyl (C=O) groups is 1. The number of ether oxygens (including phenoxy) is 1. The molecule has 3 N–H and O–H groups in total. The monoisotopic (exact) mass is 396 g/mol. The smallest absolute Gasteiger partial charge is 0.445 e. The zero-order valence-electron chi connectivity index (χ0n) is 13.7. The minimum atomic E-state index is -4.28. The summed E-state index contributed by atoms with van der Waals surface area (Å²) in [5.41, 5.74) is -1.94. The summed E-state index contributed by atoms with van der Waals surface area (Å²) in [7, 11) is -5.64. The number of rotatable bonds is 10. The average molecular weight is 396 g/mol. The van der Waals surface area contributed by atoms with Gasteiger partial charge in [0.2, 0.25) is 0 Å². The third kappa shape index (κ3) is 6.45. The first kappa shape index (κ1) is 21.7. The predicted octanol–water partition coefficient (Wildman–Crippen LogP) is 2.10. The predicted molar refractivity (Wildman–Crippen MR) is 86.7 cm³/mol. The van der Waals surface area contributed by atoms with Crippen molar-refractivity contribution in [1.82, 2.24) is 5.32 Å². The number of hydrogen-bond acceptors (Lipinski definition) is 8. The largest absolute Gasteiger partial charge is 0.698 e. The van der Waals surface area contributed by atoms with E-state index in [1.807, 2.05) is 6.07 Å².